The van der Waals surface area contributed by atoms with Crippen molar-refractivity contribution in [1.82, 2.24) is 0 Å². The number of hydrogen-bond acceptors (Lipinski definition) is 5. The Kier molecular flexibility index (Phi) is 7.84. The van der Waals surface area contributed by atoms with Gasteiger partial charge in [-0.2, -0.15) is 0 Å². The first kappa shape index (κ1) is 24.5. The number of halogens is 1. The van der Waals surface area contributed by atoms with E-state index in [0.717, 1.165) is 23.4 Å². The Balaban J connectivity index is 1.38. The molecule has 5 nitrogen and oxygen atoms in total. The van der Waals surface area contributed by atoms with E-state index >= 15 is 0 Å². The lowest BCUT2D eigenvalue weighted by Gasteiger charge is -2.13. The Morgan fingerprint density at radius 1 is 0.829 bits per heavy atom. The highest BCUT2D eigenvalue weighted by atomic mass is 32.2. The van der Waals surface area contributed by atoms with Crippen LogP contribution in [-0.4, -0.2) is 20.9 Å². The van der Waals surface area contributed by atoms with E-state index in [1.807, 2.05) is 42.5 Å². The van der Waals surface area contributed by atoms with E-state index in [0.29, 0.717) is 5.69 Å². The van der Waals surface area contributed by atoms with Crippen molar-refractivity contribution in [2.75, 3.05) is 17.2 Å². The van der Waals surface area contributed by atoms with E-state index in [9.17, 15) is 17.6 Å². The zero-order valence-corrected chi connectivity index (χ0v) is 20.3. The molecule has 4 aromatic rings. The Morgan fingerprint density at radius 3 is 2.17 bits per heavy atom. The smallest absolute Gasteiger partial charge is 0.243 e. The molecule has 0 aliphatic heterocycles. The fourth-order valence-electron chi connectivity index (χ4n) is 3.34. The zero-order valence-electron chi connectivity index (χ0n) is 18.6. The molecule has 35 heavy (non-hydrogen) atoms. The SMILES string of the molecule is O=C(CNc1ccc(F)cc1S(=O)(=O)c1ccccc1)Nc1ccc(CSc2ccccc2)cc1. The van der Waals surface area contributed by atoms with Crippen LogP contribution in [-0.2, 0) is 20.4 Å². The van der Waals surface area contributed by atoms with Gasteiger partial charge in [-0.15, -0.1) is 11.8 Å². The van der Waals surface area contributed by atoms with Crippen LogP contribution in [0.3, 0.4) is 0 Å². The number of amides is 1. The van der Waals surface area contributed by atoms with E-state index in [1.54, 1.807) is 30.0 Å². The van der Waals surface area contributed by atoms with E-state index in [-0.39, 0.29) is 27.9 Å². The van der Waals surface area contributed by atoms with Crippen LogP contribution in [0.1, 0.15) is 5.56 Å². The van der Waals surface area contributed by atoms with Crippen molar-refractivity contribution >= 4 is 38.9 Å². The topological polar surface area (TPSA) is 75.3 Å². The summed E-state index contributed by atoms with van der Waals surface area (Å²) in [4.78, 5) is 13.5. The van der Waals surface area contributed by atoms with Gasteiger partial charge in [-0.3, -0.25) is 4.79 Å². The molecule has 8 heteroatoms. The Morgan fingerprint density at radius 2 is 1.49 bits per heavy atom. The first-order valence-corrected chi connectivity index (χ1v) is 13.3. The summed E-state index contributed by atoms with van der Waals surface area (Å²) in [5.41, 5.74) is 1.90. The molecular formula is C27H23FN2O3S2. The van der Waals surface area contributed by atoms with Crippen LogP contribution < -0.4 is 10.6 Å². The minimum atomic E-state index is -3.97. The molecule has 0 bridgehead atoms. The number of rotatable bonds is 9. The maximum absolute atomic E-state index is 13.9. The molecule has 0 radical (unpaired) electrons. The summed E-state index contributed by atoms with van der Waals surface area (Å²) in [6.07, 6.45) is 0. The second-order valence-corrected chi connectivity index (χ2v) is 10.6. The Labute approximate surface area is 208 Å². The maximum Gasteiger partial charge on any atom is 0.243 e. The van der Waals surface area contributed by atoms with Crippen molar-refractivity contribution in [2.24, 2.45) is 0 Å². The first-order chi connectivity index (χ1) is 16.9. The molecule has 0 aliphatic rings. The zero-order chi connectivity index (χ0) is 24.7. The summed E-state index contributed by atoms with van der Waals surface area (Å²) in [5, 5.41) is 5.61. The van der Waals surface area contributed by atoms with Crippen LogP contribution in [0.2, 0.25) is 0 Å². The number of carbonyl (C=O) groups is 1. The number of benzene rings is 4. The highest BCUT2D eigenvalue weighted by Crippen LogP contribution is 2.28. The van der Waals surface area contributed by atoms with Crippen molar-refractivity contribution in [2.45, 2.75) is 20.4 Å². The van der Waals surface area contributed by atoms with Crippen LogP contribution in [0, 0.1) is 5.82 Å². The molecule has 0 aromatic heterocycles. The predicted molar refractivity (Wildman–Crippen MR) is 138 cm³/mol. The molecule has 0 aliphatic carbocycles. The Bertz CT molecular complexity index is 1400. The van der Waals surface area contributed by atoms with Crippen LogP contribution in [0.4, 0.5) is 15.8 Å². The van der Waals surface area contributed by atoms with Gasteiger partial charge >= 0.3 is 0 Å². The number of thioether (sulfide) groups is 1. The Hall–Kier alpha value is -3.62. The van der Waals surface area contributed by atoms with Crippen LogP contribution >= 0.6 is 11.8 Å². The lowest BCUT2D eigenvalue weighted by atomic mass is 10.2. The van der Waals surface area contributed by atoms with Gasteiger partial charge in [0.15, 0.2) is 0 Å². The van der Waals surface area contributed by atoms with Crippen molar-refractivity contribution in [3.8, 4) is 0 Å². The van der Waals surface area contributed by atoms with Crippen LogP contribution in [0.15, 0.2) is 118 Å². The molecule has 0 fully saturated rings. The van der Waals surface area contributed by atoms with Gasteiger partial charge < -0.3 is 10.6 Å². The van der Waals surface area contributed by atoms with Gasteiger partial charge in [0, 0.05) is 16.3 Å². The van der Waals surface area contributed by atoms with E-state index in [1.165, 1.54) is 23.1 Å². The maximum atomic E-state index is 13.9. The second-order valence-electron chi connectivity index (χ2n) is 7.66. The molecule has 0 unspecified atom stereocenters. The van der Waals surface area contributed by atoms with Gasteiger partial charge in [0.1, 0.15) is 5.82 Å². The number of hydrogen-bond donors (Lipinski definition) is 2. The summed E-state index contributed by atoms with van der Waals surface area (Å²) >= 11 is 1.73. The average Bonchev–Trinajstić information content (AvgIpc) is 2.88. The van der Waals surface area contributed by atoms with E-state index < -0.39 is 15.7 Å². The van der Waals surface area contributed by atoms with Crippen molar-refractivity contribution in [3.63, 3.8) is 0 Å². The van der Waals surface area contributed by atoms with Gasteiger partial charge in [-0.25, -0.2) is 12.8 Å². The molecule has 2 N–H and O–H groups in total. The lowest BCUT2D eigenvalue weighted by molar-refractivity contribution is -0.114. The third kappa shape index (κ3) is 6.49. The molecule has 4 rings (SSSR count). The minimum Gasteiger partial charge on any atom is -0.375 e. The van der Waals surface area contributed by atoms with Gasteiger partial charge in [0.2, 0.25) is 15.7 Å². The van der Waals surface area contributed by atoms with Gasteiger partial charge in [-0.1, -0.05) is 48.5 Å². The molecule has 4 aromatic carbocycles. The monoisotopic (exact) mass is 506 g/mol. The van der Waals surface area contributed by atoms with E-state index in [2.05, 4.69) is 22.8 Å². The van der Waals surface area contributed by atoms with Crippen LogP contribution in [0.25, 0.3) is 0 Å². The van der Waals surface area contributed by atoms with Crippen molar-refractivity contribution in [3.05, 3.63) is 115 Å². The molecule has 1 amide bonds. The number of carbonyl (C=O) groups excluding carboxylic acids is 1. The summed E-state index contributed by atoms with van der Waals surface area (Å²) < 4.78 is 39.9. The predicted octanol–water partition coefficient (Wildman–Crippen LogP) is 6.00. The highest BCUT2D eigenvalue weighted by Gasteiger charge is 2.22. The molecule has 0 atom stereocenters. The average molecular weight is 507 g/mol. The van der Waals surface area contributed by atoms with Crippen molar-refractivity contribution in [1.29, 1.82) is 0 Å². The third-order valence-electron chi connectivity index (χ3n) is 5.11. The third-order valence-corrected chi connectivity index (χ3v) is 8.01. The molecule has 0 saturated heterocycles. The van der Waals surface area contributed by atoms with Gasteiger partial charge in [0.25, 0.3) is 0 Å². The number of sulfone groups is 1. The largest absolute Gasteiger partial charge is 0.375 e. The summed E-state index contributed by atoms with van der Waals surface area (Å²) in [6, 6.07) is 28.8. The van der Waals surface area contributed by atoms with Crippen molar-refractivity contribution < 1.29 is 17.6 Å². The second kappa shape index (κ2) is 11.2. The molecule has 0 saturated carbocycles. The fourth-order valence-corrected chi connectivity index (χ4v) is 5.68. The summed E-state index contributed by atoms with van der Waals surface area (Å²) in [7, 11) is -3.97. The quantitative estimate of drug-likeness (QED) is 0.272. The number of nitrogens with one attached hydrogen (secondary N) is 2. The molecule has 0 spiro atoms. The van der Waals surface area contributed by atoms with E-state index in [4.69, 9.17) is 0 Å². The summed E-state index contributed by atoms with van der Waals surface area (Å²) in [5.74, 6) is -0.230. The summed E-state index contributed by atoms with van der Waals surface area (Å²) in [6.45, 7) is -0.186. The normalized spacial score (nSPS) is 11.1. The minimum absolute atomic E-state index is 0.0450. The highest BCUT2D eigenvalue weighted by molar-refractivity contribution is 7.98. The van der Waals surface area contributed by atoms with Gasteiger partial charge in [0.05, 0.1) is 22.0 Å². The lowest BCUT2D eigenvalue weighted by Crippen LogP contribution is -2.22. The molecule has 178 valence electrons. The number of anilines is 2. The standard InChI is InChI=1S/C27H23FN2O3S2/c28-21-13-16-25(26(17-21)35(32,33)24-9-5-2-6-10-24)29-18-27(31)30-22-14-11-20(12-15-22)19-34-23-7-3-1-4-8-23/h1-17,29H,18-19H2,(H,30,31). The molecular weight excluding hydrogens is 483 g/mol. The molecule has 0 heterocycles. The fraction of sp³-hybridized carbons (Fsp3) is 0.0741. The van der Waals surface area contributed by atoms with Gasteiger partial charge in [-0.05, 0) is 60.2 Å². The first-order valence-electron chi connectivity index (χ1n) is 10.8. The van der Waals surface area contributed by atoms with Crippen LogP contribution in [0.5, 0.6) is 0 Å².